The zero-order valence-corrected chi connectivity index (χ0v) is 45.0. The molecule has 0 N–H and O–H groups in total. The van der Waals surface area contributed by atoms with Crippen molar-refractivity contribution in [2.75, 3.05) is 0 Å². The molecule has 0 bridgehead atoms. The van der Waals surface area contributed by atoms with Gasteiger partial charge in [-0.05, 0) is 198 Å². The van der Waals surface area contributed by atoms with E-state index in [9.17, 15) is 0 Å². The molecule has 79 heavy (non-hydrogen) atoms. The SMILES string of the molecule is CC(C)(C)c1cc2ccc3cc4c(c5ccc(c1)c2c35)-c1ccc(-c2ccc3c(c2)C2(c5ccccc5-c5ccccc52)c2cc(-n5c6ccc(-c7ccccc7)cc6c6cc(-c7ccccc7)ccc65)ccc2-3)cc1C4(C)C. The maximum absolute atomic E-state index is 2.56. The molecule has 0 unspecified atom stereocenters. The summed E-state index contributed by atoms with van der Waals surface area (Å²) in [5.41, 5.74) is 27.7. The molecule has 1 nitrogen and oxygen atoms in total. The lowest BCUT2D eigenvalue weighted by atomic mass is 9.70. The van der Waals surface area contributed by atoms with E-state index >= 15 is 0 Å². The minimum atomic E-state index is -0.541. The summed E-state index contributed by atoms with van der Waals surface area (Å²) < 4.78 is 2.52. The predicted molar refractivity (Wildman–Crippen MR) is 333 cm³/mol. The normalized spacial score (nSPS) is 14.3. The number of aromatic nitrogens is 1. The lowest BCUT2D eigenvalue weighted by Crippen LogP contribution is -2.26. The fourth-order valence-corrected chi connectivity index (χ4v) is 15.1. The molecule has 3 aliphatic rings. The Morgan fingerprint density at radius 3 is 1.38 bits per heavy atom. The third-order valence-electron chi connectivity index (χ3n) is 18.9. The van der Waals surface area contributed by atoms with Crippen molar-refractivity contribution in [2.24, 2.45) is 0 Å². The van der Waals surface area contributed by atoms with Crippen molar-refractivity contribution < 1.29 is 0 Å². The van der Waals surface area contributed by atoms with Gasteiger partial charge >= 0.3 is 0 Å². The Morgan fingerprint density at radius 2 is 0.785 bits per heavy atom. The summed E-state index contributed by atoms with van der Waals surface area (Å²) in [6.07, 6.45) is 0. The van der Waals surface area contributed by atoms with Gasteiger partial charge in [-0.15, -0.1) is 0 Å². The first-order chi connectivity index (χ1) is 38.5. The Hall–Kier alpha value is -9.30. The number of nitrogens with zero attached hydrogens (tertiary/aromatic N) is 1. The quantitative estimate of drug-likeness (QED) is 0.155. The number of benzene rings is 13. The van der Waals surface area contributed by atoms with Crippen molar-refractivity contribution >= 4 is 54.1 Å². The first-order valence-corrected chi connectivity index (χ1v) is 28.1. The number of hydrogen-bond acceptors (Lipinski definition) is 0. The van der Waals surface area contributed by atoms with Crippen LogP contribution in [0.15, 0.2) is 243 Å². The summed E-state index contributed by atoms with van der Waals surface area (Å²) in [5.74, 6) is 0. The lowest BCUT2D eigenvalue weighted by molar-refractivity contribution is 0.591. The van der Waals surface area contributed by atoms with Gasteiger partial charge in [-0.3, -0.25) is 0 Å². The van der Waals surface area contributed by atoms with Gasteiger partial charge in [0.1, 0.15) is 0 Å². The van der Waals surface area contributed by atoms with E-state index in [1.807, 2.05) is 0 Å². The summed E-state index contributed by atoms with van der Waals surface area (Å²) >= 11 is 0. The Morgan fingerprint density at radius 1 is 0.316 bits per heavy atom. The molecule has 3 aliphatic carbocycles. The topological polar surface area (TPSA) is 4.93 Å². The molecular weight excluding hydrogens is 951 g/mol. The standard InChI is InChI=1S/C78H55N/c1-76(2,3)55-38-52-24-25-54-44-70-75(62-34-28-53(39-55)73(52)74(54)62)61-33-27-50(42-67(61)77(70,4)5)51-26-32-59-60-35-31-56(45-69(60)78(68(59)43-51)65-22-14-12-20-57(65)58-21-13-15-23-66(58)78)79-71-36-29-48(46-16-8-6-9-17-46)40-63(71)64-41-49(30-37-72(64)79)47-18-10-7-11-19-47/h6-45H,1-5H3. The van der Waals surface area contributed by atoms with E-state index in [-0.39, 0.29) is 10.8 Å². The van der Waals surface area contributed by atoms with Crippen LogP contribution in [0.25, 0.3) is 127 Å². The second-order valence-electron chi connectivity index (χ2n) is 24.4. The molecule has 1 heterocycles. The van der Waals surface area contributed by atoms with E-state index in [2.05, 4.69) is 282 Å². The molecule has 0 saturated carbocycles. The monoisotopic (exact) mass is 1010 g/mol. The highest BCUT2D eigenvalue weighted by Gasteiger charge is 2.52. The van der Waals surface area contributed by atoms with Crippen LogP contribution in [-0.2, 0) is 16.2 Å². The third-order valence-corrected chi connectivity index (χ3v) is 18.9. The van der Waals surface area contributed by atoms with Crippen LogP contribution in [0.3, 0.4) is 0 Å². The van der Waals surface area contributed by atoms with Crippen molar-refractivity contribution in [3.8, 4) is 72.4 Å². The molecule has 13 aromatic carbocycles. The Bertz CT molecular complexity index is 4780. The van der Waals surface area contributed by atoms with Crippen molar-refractivity contribution in [2.45, 2.75) is 50.9 Å². The predicted octanol–water partition coefficient (Wildman–Crippen LogP) is 20.6. The second kappa shape index (κ2) is 15.7. The number of hydrogen-bond donors (Lipinski definition) is 0. The highest BCUT2D eigenvalue weighted by molar-refractivity contribution is 6.27. The zero-order chi connectivity index (χ0) is 52.7. The Kier molecular flexibility index (Phi) is 8.89. The molecule has 0 fully saturated rings. The van der Waals surface area contributed by atoms with E-state index in [0.717, 1.165) is 5.69 Å². The van der Waals surface area contributed by atoms with Crippen LogP contribution in [0.5, 0.6) is 0 Å². The van der Waals surface area contributed by atoms with Crippen LogP contribution in [0, 0.1) is 0 Å². The highest BCUT2D eigenvalue weighted by Crippen LogP contribution is 2.64. The largest absolute Gasteiger partial charge is 0.309 e. The van der Waals surface area contributed by atoms with Crippen molar-refractivity contribution in [3.63, 3.8) is 0 Å². The Balaban J connectivity index is 0.852. The maximum Gasteiger partial charge on any atom is 0.0726 e. The summed E-state index contributed by atoms with van der Waals surface area (Å²) in [6, 6.07) is 93.0. The van der Waals surface area contributed by atoms with Gasteiger partial charge in [-0.2, -0.15) is 0 Å². The molecule has 1 heteroatoms. The average molecular weight is 1010 g/mol. The van der Waals surface area contributed by atoms with Gasteiger partial charge in [0.2, 0.25) is 0 Å². The van der Waals surface area contributed by atoms with Crippen LogP contribution >= 0.6 is 0 Å². The smallest absolute Gasteiger partial charge is 0.0726 e. The molecule has 1 aromatic heterocycles. The van der Waals surface area contributed by atoms with E-state index in [1.54, 1.807) is 0 Å². The first-order valence-electron chi connectivity index (χ1n) is 28.1. The zero-order valence-electron chi connectivity index (χ0n) is 45.0. The van der Waals surface area contributed by atoms with Crippen molar-refractivity contribution in [1.82, 2.24) is 4.57 Å². The van der Waals surface area contributed by atoms with Crippen LogP contribution < -0.4 is 0 Å². The fraction of sp³-hybridized carbons (Fsp3) is 0.103. The summed E-state index contributed by atoms with van der Waals surface area (Å²) in [5, 5.41) is 10.6. The molecule has 0 amide bonds. The van der Waals surface area contributed by atoms with Gasteiger partial charge < -0.3 is 4.57 Å². The Labute approximate surface area is 461 Å². The lowest BCUT2D eigenvalue weighted by Gasteiger charge is -2.31. The molecule has 1 spiro atoms. The van der Waals surface area contributed by atoms with Gasteiger partial charge in [0, 0.05) is 21.9 Å². The molecular formula is C78H55N. The molecule has 372 valence electrons. The van der Waals surface area contributed by atoms with Crippen molar-refractivity contribution in [3.05, 3.63) is 282 Å². The van der Waals surface area contributed by atoms with Gasteiger partial charge in [-0.25, -0.2) is 0 Å². The van der Waals surface area contributed by atoms with Gasteiger partial charge in [-0.1, -0.05) is 223 Å². The second-order valence-corrected chi connectivity index (χ2v) is 24.4. The molecule has 0 aliphatic heterocycles. The first kappa shape index (κ1) is 44.8. The minimum Gasteiger partial charge on any atom is -0.309 e. The fourth-order valence-electron chi connectivity index (χ4n) is 15.1. The van der Waals surface area contributed by atoms with Gasteiger partial charge in [0.15, 0.2) is 0 Å². The van der Waals surface area contributed by atoms with Gasteiger partial charge in [0.25, 0.3) is 0 Å². The molecule has 0 atom stereocenters. The summed E-state index contributed by atoms with van der Waals surface area (Å²) in [4.78, 5) is 0. The molecule has 17 rings (SSSR count). The summed E-state index contributed by atoms with van der Waals surface area (Å²) in [6.45, 7) is 11.8. The summed E-state index contributed by atoms with van der Waals surface area (Å²) in [7, 11) is 0. The van der Waals surface area contributed by atoms with Crippen molar-refractivity contribution in [1.29, 1.82) is 0 Å². The van der Waals surface area contributed by atoms with E-state index in [1.165, 1.54) is 160 Å². The maximum atomic E-state index is 2.56. The molecule has 0 radical (unpaired) electrons. The van der Waals surface area contributed by atoms with Crippen LogP contribution in [-0.4, -0.2) is 4.57 Å². The third kappa shape index (κ3) is 6.00. The van der Waals surface area contributed by atoms with Crippen LogP contribution in [0.1, 0.15) is 73.6 Å². The van der Waals surface area contributed by atoms with E-state index in [0.29, 0.717) is 0 Å². The van der Waals surface area contributed by atoms with Crippen LogP contribution in [0.2, 0.25) is 0 Å². The van der Waals surface area contributed by atoms with E-state index < -0.39 is 5.41 Å². The van der Waals surface area contributed by atoms with Gasteiger partial charge in [0.05, 0.1) is 16.4 Å². The number of fused-ring (bicyclic) bond motifs is 17. The minimum absolute atomic E-state index is 0.0725. The van der Waals surface area contributed by atoms with E-state index in [4.69, 9.17) is 0 Å². The number of rotatable bonds is 4. The highest BCUT2D eigenvalue weighted by atomic mass is 15.0. The van der Waals surface area contributed by atoms with Crippen LogP contribution in [0.4, 0.5) is 0 Å². The average Bonchev–Trinajstić information content (AvgIpc) is 2.67. The molecule has 0 saturated heterocycles. The molecule has 14 aromatic rings.